The van der Waals surface area contributed by atoms with Crippen LogP contribution in [0.4, 0.5) is 35.1 Å². The van der Waals surface area contributed by atoms with Crippen molar-refractivity contribution < 1.29 is 35.1 Å². The van der Waals surface area contributed by atoms with Gasteiger partial charge in [-0.2, -0.15) is 26.3 Å². The lowest BCUT2D eigenvalue weighted by atomic mass is 10.1. The zero-order valence-corrected chi connectivity index (χ0v) is 7.96. The van der Waals surface area contributed by atoms with Crippen LogP contribution in [-0.2, 0) is 0 Å². The highest BCUT2D eigenvalue weighted by atomic mass is 35.5. The van der Waals surface area contributed by atoms with Gasteiger partial charge in [0.1, 0.15) is 0 Å². The molecule has 15 heavy (non-hydrogen) atoms. The molecular formula is C5HClF8S. The number of hydrogen-bond acceptors (Lipinski definition) is 1. The van der Waals surface area contributed by atoms with Crippen molar-refractivity contribution in [2.75, 3.05) is 0 Å². The van der Waals surface area contributed by atoms with Crippen LogP contribution < -0.4 is 0 Å². The van der Waals surface area contributed by atoms with Crippen LogP contribution in [0.1, 0.15) is 0 Å². The molecule has 0 aliphatic rings. The van der Waals surface area contributed by atoms with Gasteiger partial charge in [0, 0.05) is 0 Å². The Hall–Kier alpha value is -0.180. The largest absolute Gasteiger partial charge is 0.384 e. The van der Waals surface area contributed by atoms with Gasteiger partial charge >= 0.3 is 24.2 Å². The van der Waals surface area contributed by atoms with Gasteiger partial charge < -0.3 is 0 Å². The number of rotatable bonds is 4. The van der Waals surface area contributed by atoms with E-state index in [1.807, 2.05) is 0 Å². The highest BCUT2D eigenvalue weighted by Gasteiger charge is 2.76. The first kappa shape index (κ1) is 14.8. The molecule has 0 bridgehead atoms. The molecule has 0 heterocycles. The van der Waals surface area contributed by atoms with Gasteiger partial charge in [-0.3, -0.25) is 0 Å². The van der Waals surface area contributed by atoms with Gasteiger partial charge in [0.2, 0.25) is 0 Å². The highest BCUT2D eigenvalue weighted by Crippen LogP contribution is 2.49. The van der Waals surface area contributed by atoms with Gasteiger partial charge in [-0.1, -0.05) is 23.8 Å². The van der Waals surface area contributed by atoms with Gasteiger partial charge in [0.25, 0.3) is 0 Å². The first-order valence-electron chi connectivity index (χ1n) is 3.00. The normalized spacial score (nSPS) is 14.5. The average Bonchev–Trinajstić information content (AvgIpc) is 2.02. The molecule has 0 nitrogen and oxygen atoms in total. The topological polar surface area (TPSA) is 0 Å². The summed E-state index contributed by atoms with van der Waals surface area (Å²) in [5.74, 6) is -18.3. The lowest BCUT2D eigenvalue weighted by Gasteiger charge is -2.30. The van der Waals surface area contributed by atoms with Crippen LogP contribution in [0.2, 0.25) is 0 Å². The Balaban J connectivity index is 5.40. The predicted molar refractivity (Wildman–Crippen MR) is 39.3 cm³/mol. The quantitative estimate of drug-likeness (QED) is 0.430. The van der Waals surface area contributed by atoms with Crippen molar-refractivity contribution in [2.24, 2.45) is 0 Å². The summed E-state index contributed by atoms with van der Waals surface area (Å²) < 4.78 is 94.1. The molecule has 0 unspecified atom stereocenters. The molecule has 0 aromatic rings. The van der Waals surface area contributed by atoms with Crippen molar-refractivity contribution in [1.82, 2.24) is 0 Å². The first-order chi connectivity index (χ1) is 6.39. The molecular weight excluding hydrogens is 280 g/mol. The van der Waals surface area contributed by atoms with Gasteiger partial charge in [-0.25, -0.2) is 8.78 Å². The van der Waals surface area contributed by atoms with Crippen LogP contribution in [0.5, 0.6) is 0 Å². The van der Waals surface area contributed by atoms with Crippen LogP contribution in [0.15, 0.2) is 0 Å². The number of thiocarbonyl (C=S) groups is 1. The molecule has 0 N–H and O–H groups in total. The van der Waals surface area contributed by atoms with Crippen LogP contribution in [0.25, 0.3) is 0 Å². The van der Waals surface area contributed by atoms with Crippen molar-refractivity contribution in [1.29, 1.82) is 0 Å². The molecule has 0 rings (SSSR count). The number of hydrogen-bond donors (Lipinski definition) is 0. The van der Waals surface area contributed by atoms with E-state index in [1.54, 1.807) is 0 Å². The van der Waals surface area contributed by atoms with Gasteiger partial charge in [0.15, 0.2) is 4.32 Å². The van der Waals surface area contributed by atoms with Crippen LogP contribution >= 0.6 is 23.8 Å². The fourth-order valence-corrected chi connectivity index (χ4v) is 0.717. The smallest absolute Gasteiger partial charge is 0.203 e. The lowest BCUT2D eigenvalue weighted by Crippen LogP contribution is -2.59. The molecule has 0 radical (unpaired) electrons. The third-order valence-corrected chi connectivity index (χ3v) is 1.83. The number of alkyl halides is 8. The van der Waals surface area contributed by atoms with E-state index in [0.717, 1.165) is 0 Å². The summed E-state index contributed by atoms with van der Waals surface area (Å²) in [7, 11) is 0. The summed E-state index contributed by atoms with van der Waals surface area (Å²) in [5, 5.41) is 0. The zero-order valence-electron chi connectivity index (χ0n) is 6.39. The van der Waals surface area contributed by atoms with Crippen molar-refractivity contribution in [3.05, 3.63) is 0 Å². The summed E-state index contributed by atoms with van der Waals surface area (Å²) >= 11 is 7.68. The van der Waals surface area contributed by atoms with E-state index in [1.165, 1.54) is 0 Å². The van der Waals surface area contributed by atoms with Crippen molar-refractivity contribution in [3.63, 3.8) is 0 Å². The maximum Gasteiger partial charge on any atom is 0.384 e. The molecule has 0 aliphatic heterocycles. The van der Waals surface area contributed by atoms with Crippen molar-refractivity contribution in [3.8, 4) is 0 Å². The third kappa shape index (κ3) is 2.17. The van der Waals surface area contributed by atoms with E-state index in [0.29, 0.717) is 0 Å². The van der Waals surface area contributed by atoms with Gasteiger partial charge in [-0.05, 0) is 0 Å². The summed E-state index contributed by atoms with van der Waals surface area (Å²) in [6.07, 6.45) is -4.97. The van der Waals surface area contributed by atoms with Crippen LogP contribution in [0.3, 0.4) is 0 Å². The molecule has 0 spiro atoms. The lowest BCUT2D eigenvalue weighted by molar-refractivity contribution is -0.318. The average molecular weight is 281 g/mol. The molecule has 0 amide bonds. The Morgan fingerprint density at radius 2 is 1.33 bits per heavy atom. The second-order valence-corrected chi connectivity index (χ2v) is 3.36. The molecule has 0 fully saturated rings. The minimum absolute atomic E-state index is 2.31. The van der Waals surface area contributed by atoms with Gasteiger partial charge in [0.05, 0.1) is 0 Å². The van der Waals surface area contributed by atoms with E-state index in [4.69, 9.17) is 0 Å². The second kappa shape index (κ2) is 4.00. The Morgan fingerprint density at radius 1 is 1.00 bits per heavy atom. The fraction of sp³-hybridized carbons (Fsp3) is 0.800. The zero-order chi connectivity index (χ0) is 12.7. The van der Waals surface area contributed by atoms with Crippen molar-refractivity contribution in [2.45, 2.75) is 24.2 Å². The molecule has 90 valence electrons. The molecule has 0 saturated heterocycles. The monoisotopic (exact) mass is 280 g/mol. The summed E-state index contributed by atoms with van der Waals surface area (Å²) in [6.45, 7) is 0. The van der Waals surface area contributed by atoms with E-state index in [-0.39, 0.29) is 0 Å². The minimum Gasteiger partial charge on any atom is -0.203 e. The summed E-state index contributed by atoms with van der Waals surface area (Å²) in [6, 6.07) is 0. The minimum atomic E-state index is -6.35. The standard InChI is InChI=1S/C5HClF8S/c6-1(15)3(9,10)5(13,14)4(11,12)2(7)8/h2H. The maximum atomic E-state index is 12.3. The summed E-state index contributed by atoms with van der Waals surface area (Å²) in [4.78, 5) is 0. The van der Waals surface area contributed by atoms with Crippen molar-refractivity contribution >= 4 is 28.1 Å². The van der Waals surface area contributed by atoms with E-state index < -0.39 is 28.5 Å². The van der Waals surface area contributed by atoms with Gasteiger partial charge in [-0.15, -0.1) is 0 Å². The van der Waals surface area contributed by atoms with Crippen LogP contribution in [-0.4, -0.2) is 28.5 Å². The summed E-state index contributed by atoms with van der Waals surface area (Å²) in [5.41, 5.74) is 0. The fourth-order valence-electron chi connectivity index (χ4n) is 0.470. The Morgan fingerprint density at radius 3 is 1.53 bits per heavy atom. The predicted octanol–water partition coefficient (Wildman–Crippen LogP) is 3.72. The first-order valence-corrected chi connectivity index (χ1v) is 3.79. The Labute approximate surface area is 88.2 Å². The maximum absolute atomic E-state index is 12.3. The molecule has 0 aliphatic carbocycles. The number of halogens is 9. The van der Waals surface area contributed by atoms with E-state index in [2.05, 4.69) is 23.8 Å². The SMILES string of the molecule is FC(F)C(F)(F)C(F)(F)C(F)(F)C(=S)Cl. The highest BCUT2D eigenvalue weighted by molar-refractivity contribution is 7.83. The second-order valence-electron chi connectivity index (χ2n) is 2.35. The van der Waals surface area contributed by atoms with E-state index in [9.17, 15) is 35.1 Å². The van der Waals surface area contributed by atoms with E-state index >= 15 is 0 Å². The molecule has 0 aromatic carbocycles. The molecule has 10 heteroatoms. The Bertz CT molecular complexity index is 262. The van der Waals surface area contributed by atoms with Crippen LogP contribution in [0, 0.1) is 0 Å². The third-order valence-electron chi connectivity index (χ3n) is 1.33. The molecule has 0 aromatic heterocycles. The Kier molecular flexibility index (Phi) is 3.96. The molecule has 0 atom stereocenters. The molecule has 0 saturated carbocycles.